The summed E-state index contributed by atoms with van der Waals surface area (Å²) in [5.74, 6) is 0. The lowest BCUT2D eigenvalue weighted by Crippen LogP contribution is -2.17. The molecule has 1 N–H and O–H groups in total. The number of aliphatic hydroxyl groups is 1. The molecule has 0 fully saturated rings. The molecule has 80 valence electrons. The molecule has 3 nitrogen and oxygen atoms in total. The number of nitrogens with zero attached hydrogens (tertiary/aromatic N) is 2. The number of rotatable bonds is 2. The van der Waals surface area contributed by atoms with Gasteiger partial charge in [0.15, 0.2) is 0 Å². The third-order valence-electron chi connectivity index (χ3n) is 2.31. The molecule has 14 heavy (non-hydrogen) atoms. The van der Waals surface area contributed by atoms with Crippen molar-refractivity contribution in [1.29, 1.82) is 0 Å². The molecule has 0 bridgehead atoms. The first-order valence-corrected chi connectivity index (χ1v) is 4.99. The van der Waals surface area contributed by atoms with Gasteiger partial charge in [-0.25, -0.2) is 0 Å². The highest BCUT2D eigenvalue weighted by Crippen LogP contribution is 2.20. The van der Waals surface area contributed by atoms with Gasteiger partial charge in [0.05, 0.1) is 12.3 Å². The highest BCUT2D eigenvalue weighted by Gasteiger charge is 2.16. The van der Waals surface area contributed by atoms with Gasteiger partial charge in [-0.1, -0.05) is 20.8 Å². The molecule has 0 aliphatic rings. The van der Waals surface area contributed by atoms with Crippen molar-refractivity contribution in [1.82, 2.24) is 9.78 Å². The fraction of sp³-hybridized carbons (Fsp3) is 0.727. The number of aliphatic hydroxyl groups excluding tert-OH is 1. The van der Waals surface area contributed by atoms with Crippen molar-refractivity contribution in [3.8, 4) is 0 Å². The summed E-state index contributed by atoms with van der Waals surface area (Å²) in [6.45, 7) is 11.5. The van der Waals surface area contributed by atoms with E-state index >= 15 is 0 Å². The Bertz CT molecular complexity index is 321. The maximum atomic E-state index is 9.16. The van der Waals surface area contributed by atoms with E-state index in [2.05, 4.69) is 25.9 Å². The van der Waals surface area contributed by atoms with Crippen molar-refractivity contribution >= 4 is 0 Å². The molecule has 0 saturated heterocycles. The van der Waals surface area contributed by atoms with Crippen LogP contribution in [0, 0.1) is 19.3 Å². The van der Waals surface area contributed by atoms with Gasteiger partial charge in [-0.2, -0.15) is 5.10 Å². The monoisotopic (exact) mass is 196 g/mol. The normalized spacial score (nSPS) is 12.1. The van der Waals surface area contributed by atoms with Gasteiger partial charge in [-0.05, 0) is 19.3 Å². The van der Waals surface area contributed by atoms with E-state index in [9.17, 15) is 0 Å². The van der Waals surface area contributed by atoms with Gasteiger partial charge in [-0.3, -0.25) is 4.68 Å². The first-order chi connectivity index (χ1) is 6.35. The maximum absolute atomic E-state index is 9.16. The Hall–Kier alpha value is -0.830. The highest BCUT2D eigenvalue weighted by molar-refractivity contribution is 5.23. The van der Waals surface area contributed by atoms with E-state index in [1.807, 2.05) is 18.5 Å². The first kappa shape index (κ1) is 11.2. The van der Waals surface area contributed by atoms with Crippen molar-refractivity contribution in [2.24, 2.45) is 5.41 Å². The van der Waals surface area contributed by atoms with E-state index in [-0.39, 0.29) is 12.0 Å². The molecule has 0 radical (unpaired) electrons. The predicted octanol–water partition coefficient (Wildman–Crippen LogP) is 2.04. The van der Waals surface area contributed by atoms with Crippen LogP contribution >= 0.6 is 0 Å². The average Bonchev–Trinajstić information content (AvgIpc) is 2.24. The second-order valence-electron chi connectivity index (χ2n) is 5.03. The third kappa shape index (κ3) is 2.35. The van der Waals surface area contributed by atoms with Crippen LogP contribution in [0.2, 0.25) is 0 Å². The minimum Gasteiger partial charge on any atom is -0.392 e. The van der Waals surface area contributed by atoms with Crippen molar-refractivity contribution in [2.75, 3.05) is 0 Å². The fourth-order valence-electron chi connectivity index (χ4n) is 1.57. The van der Waals surface area contributed by atoms with Crippen LogP contribution in [0.5, 0.6) is 0 Å². The lowest BCUT2D eigenvalue weighted by Gasteiger charge is -2.19. The SMILES string of the molecule is Cc1nn(CC(C)(C)C)c(C)c1CO. The first-order valence-electron chi connectivity index (χ1n) is 4.99. The van der Waals surface area contributed by atoms with Gasteiger partial charge in [-0.15, -0.1) is 0 Å². The van der Waals surface area contributed by atoms with Crippen LogP contribution < -0.4 is 0 Å². The Kier molecular flexibility index (Phi) is 3.00. The van der Waals surface area contributed by atoms with Gasteiger partial charge >= 0.3 is 0 Å². The van der Waals surface area contributed by atoms with Crippen molar-refractivity contribution in [2.45, 2.75) is 47.8 Å². The van der Waals surface area contributed by atoms with E-state index in [0.29, 0.717) is 0 Å². The quantitative estimate of drug-likeness (QED) is 0.786. The van der Waals surface area contributed by atoms with Crippen molar-refractivity contribution in [3.63, 3.8) is 0 Å². The number of aromatic nitrogens is 2. The largest absolute Gasteiger partial charge is 0.392 e. The lowest BCUT2D eigenvalue weighted by atomic mass is 9.97. The zero-order chi connectivity index (χ0) is 10.9. The topological polar surface area (TPSA) is 38.0 Å². The van der Waals surface area contributed by atoms with Gasteiger partial charge in [0, 0.05) is 17.8 Å². The van der Waals surface area contributed by atoms with Crippen molar-refractivity contribution < 1.29 is 5.11 Å². The summed E-state index contributed by atoms with van der Waals surface area (Å²) in [7, 11) is 0. The zero-order valence-corrected chi connectivity index (χ0v) is 9.76. The number of aryl methyl sites for hydroxylation is 1. The Morgan fingerprint density at radius 1 is 1.29 bits per heavy atom. The average molecular weight is 196 g/mol. The van der Waals surface area contributed by atoms with Crippen LogP contribution in [-0.4, -0.2) is 14.9 Å². The molecule has 1 aromatic rings. The molecule has 0 aliphatic carbocycles. The molecular formula is C11H20N2O. The van der Waals surface area contributed by atoms with E-state index < -0.39 is 0 Å². The number of hydrogen-bond acceptors (Lipinski definition) is 2. The van der Waals surface area contributed by atoms with E-state index in [1.54, 1.807) is 0 Å². The zero-order valence-electron chi connectivity index (χ0n) is 9.76. The summed E-state index contributed by atoms with van der Waals surface area (Å²) < 4.78 is 1.99. The summed E-state index contributed by atoms with van der Waals surface area (Å²) >= 11 is 0. The van der Waals surface area contributed by atoms with Crippen molar-refractivity contribution in [3.05, 3.63) is 17.0 Å². The minimum absolute atomic E-state index is 0.0851. The third-order valence-corrected chi connectivity index (χ3v) is 2.31. The van der Waals surface area contributed by atoms with Crippen LogP contribution in [0.1, 0.15) is 37.7 Å². The van der Waals surface area contributed by atoms with Gasteiger partial charge < -0.3 is 5.11 Å². The van der Waals surface area contributed by atoms with Gasteiger partial charge in [0.1, 0.15) is 0 Å². The predicted molar refractivity (Wildman–Crippen MR) is 57.1 cm³/mol. The fourth-order valence-corrected chi connectivity index (χ4v) is 1.57. The standard InChI is InChI=1S/C11H20N2O/c1-8-10(6-14)9(2)13(12-8)7-11(3,4)5/h14H,6-7H2,1-5H3. The lowest BCUT2D eigenvalue weighted by molar-refractivity contribution is 0.279. The Morgan fingerprint density at radius 2 is 1.86 bits per heavy atom. The molecule has 1 rings (SSSR count). The highest BCUT2D eigenvalue weighted by atomic mass is 16.3. The summed E-state index contributed by atoms with van der Waals surface area (Å²) in [4.78, 5) is 0. The van der Waals surface area contributed by atoms with E-state index in [4.69, 9.17) is 5.11 Å². The minimum atomic E-state index is 0.0851. The van der Waals surface area contributed by atoms with E-state index in [1.165, 1.54) is 0 Å². The Morgan fingerprint density at radius 3 is 2.21 bits per heavy atom. The molecule has 0 unspecified atom stereocenters. The Balaban J connectivity index is 3.00. The van der Waals surface area contributed by atoms with Crippen LogP contribution in [-0.2, 0) is 13.2 Å². The Labute approximate surface area is 85.8 Å². The second kappa shape index (κ2) is 3.73. The van der Waals surface area contributed by atoms with E-state index in [0.717, 1.165) is 23.5 Å². The number of hydrogen-bond donors (Lipinski definition) is 1. The molecule has 0 spiro atoms. The molecule has 3 heteroatoms. The van der Waals surface area contributed by atoms with Crippen LogP contribution in [0.3, 0.4) is 0 Å². The van der Waals surface area contributed by atoms with Gasteiger partial charge in [0.2, 0.25) is 0 Å². The van der Waals surface area contributed by atoms with Crippen LogP contribution in [0.4, 0.5) is 0 Å². The molecule has 0 saturated carbocycles. The summed E-state index contributed by atoms with van der Waals surface area (Å²) in [5.41, 5.74) is 3.21. The summed E-state index contributed by atoms with van der Waals surface area (Å²) in [6, 6.07) is 0. The molecule has 0 aliphatic heterocycles. The molecule has 0 amide bonds. The molecule has 1 aromatic heterocycles. The summed E-state index contributed by atoms with van der Waals surface area (Å²) in [5, 5.41) is 13.6. The van der Waals surface area contributed by atoms with Crippen LogP contribution in [0.25, 0.3) is 0 Å². The molecule has 0 aromatic carbocycles. The molecular weight excluding hydrogens is 176 g/mol. The summed E-state index contributed by atoms with van der Waals surface area (Å²) in [6.07, 6.45) is 0. The molecule has 0 atom stereocenters. The maximum Gasteiger partial charge on any atom is 0.0718 e. The molecule has 1 heterocycles. The van der Waals surface area contributed by atoms with Crippen LogP contribution in [0.15, 0.2) is 0 Å². The smallest absolute Gasteiger partial charge is 0.0718 e. The van der Waals surface area contributed by atoms with Gasteiger partial charge in [0.25, 0.3) is 0 Å². The second-order valence-corrected chi connectivity index (χ2v) is 5.03.